The van der Waals surface area contributed by atoms with Crippen molar-refractivity contribution in [3.8, 4) is 0 Å². The van der Waals surface area contributed by atoms with Gasteiger partial charge in [-0.3, -0.25) is 9.59 Å². The maximum absolute atomic E-state index is 12.2. The monoisotopic (exact) mass is 296 g/mol. The Morgan fingerprint density at radius 2 is 1.95 bits per heavy atom. The van der Waals surface area contributed by atoms with Crippen LogP contribution in [0, 0.1) is 18.8 Å². The van der Waals surface area contributed by atoms with Gasteiger partial charge in [0.25, 0.3) is 0 Å². The van der Waals surface area contributed by atoms with Crippen molar-refractivity contribution < 1.29 is 14.7 Å². The molecule has 1 saturated carbocycles. The van der Waals surface area contributed by atoms with E-state index in [9.17, 15) is 9.59 Å². The number of carbonyl (C=O) groups excluding carboxylic acids is 1. The third-order valence-electron chi connectivity index (χ3n) is 3.82. The number of hydrogen-bond acceptors (Lipinski definition) is 4. The Morgan fingerprint density at radius 3 is 2.45 bits per heavy atom. The van der Waals surface area contributed by atoms with E-state index in [1.54, 1.807) is 17.5 Å². The highest BCUT2D eigenvalue weighted by molar-refractivity contribution is 7.11. The van der Waals surface area contributed by atoms with E-state index < -0.39 is 5.97 Å². The minimum absolute atomic E-state index is 0.0224. The van der Waals surface area contributed by atoms with Crippen LogP contribution in [0.3, 0.4) is 0 Å². The molecule has 1 atom stereocenters. The molecular formula is C14H20N2O3S. The molecule has 1 aliphatic carbocycles. The first-order chi connectivity index (χ1) is 9.47. The zero-order chi connectivity index (χ0) is 14.7. The van der Waals surface area contributed by atoms with Gasteiger partial charge in [-0.2, -0.15) is 0 Å². The number of nitrogens with one attached hydrogen (secondary N) is 1. The summed E-state index contributed by atoms with van der Waals surface area (Å²) in [6.45, 7) is 3.92. The Balaban J connectivity index is 1.85. The van der Waals surface area contributed by atoms with Crippen LogP contribution < -0.4 is 5.32 Å². The van der Waals surface area contributed by atoms with E-state index in [1.807, 2.05) is 13.8 Å². The van der Waals surface area contributed by atoms with Crippen LogP contribution in [0.1, 0.15) is 48.5 Å². The van der Waals surface area contributed by atoms with Crippen LogP contribution in [0.2, 0.25) is 0 Å². The predicted molar refractivity (Wildman–Crippen MR) is 76.5 cm³/mol. The number of carboxylic acids is 1. The largest absolute Gasteiger partial charge is 0.481 e. The molecule has 0 spiro atoms. The highest BCUT2D eigenvalue weighted by atomic mass is 32.1. The lowest BCUT2D eigenvalue weighted by atomic mass is 9.81. The van der Waals surface area contributed by atoms with Gasteiger partial charge in [0, 0.05) is 17.0 Å². The number of carboxylic acid groups (broad SMARTS) is 1. The standard InChI is InChI=1S/C14H20N2O3S/c1-8-7-15-13(20-8)9(2)16-12(17)10-3-5-11(6-4-10)14(18)19/h7,9-11H,3-6H2,1-2H3,(H,16,17)(H,18,19). The number of amides is 1. The second kappa shape index (κ2) is 6.35. The maximum Gasteiger partial charge on any atom is 0.306 e. The SMILES string of the molecule is Cc1cnc(C(C)NC(=O)C2CCC(C(=O)O)CC2)s1. The fourth-order valence-corrected chi connectivity index (χ4v) is 3.34. The summed E-state index contributed by atoms with van der Waals surface area (Å²) >= 11 is 1.59. The number of hydrogen-bond donors (Lipinski definition) is 2. The van der Waals surface area contributed by atoms with Crippen LogP contribution in [0.15, 0.2) is 6.20 Å². The number of aliphatic carboxylic acids is 1. The van der Waals surface area contributed by atoms with Gasteiger partial charge >= 0.3 is 5.97 Å². The molecule has 5 nitrogen and oxygen atoms in total. The van der Waals surface area contributed by atoms with E-state index in [0.717, 1.165) is 9.88 Å². The second-order valence-corrected chi connectivity index (χ2v) is 6.69. The fraction of sp³-hybridized carbons (Fsp3) is 0.643. The van der Waals surface area contributed by atoms with Crippen LogP contribution in [0.4, 0.5) is 0 Å². The van der Waals surface area contributed by atoms with Crippen LogP contribution in [0.5, 0.6) is 0 Å². The Hall–Kier alpha value is -1.43. The second-order valence-electron chi connectivity index (χ2n) is 5.43. The Labute approximate surface area is 122 Å². The molecule has 1 amide bonds. The average Bonchev–Trinajstić information content (AvgIpc) is 2.85. The summed E-state index contributed by atoms with van der Waals surface area (Å²) in [6, 6.07) is -0.0848. The molecule has 1 unspecified atom stereocenters. The third kappa shape index (κ3) is 3.56. The summed E-state index contributed by atoms with van der Waals surface area (Å²) in [5.74, 6) is -1.06. The quantitative estimate of drug-likeness (QED) is 0.894. The van der Waals surface area contributed by atoms with Gasteiger partial charge in [-0.15, -0.1) is 11.3 Å². The van der Waals surface area contributed by atoms with E-state index >= 15 is 0 Å². The number of nitrogens with zero attached hydrogens (tertiary/aromatic N) is 1. The summed E-state index contributed by atoms with van der Waals surface area (Å²) in [7, 11) is 0. The van der Waals surface area contributed by atoms with Gasteiger partial charge in [0.2, 0.25) is 5.91 Å². The lowest BCUT2D eigenvalue weighted by Crippen LogP contribution is -2.35. The number of aromatic nitrogens is 1. The summed E-state index contributed by atoms with van der Waals surface area (Å²) in [4.78, 5) is 28.5. The molecule has 0 aromatic carbocycles. The fourth-order valence-electron chi connectivity index (χ4n) is 2.57. The number of rotatable bonds is 4. The smallest absolute Gasteiger partial charge is 0.306 e. The van der Waals surface area contributed by atoms with Crippen molar-refractivity contribution in [1.29, 1.82) is 0 Å². The normalized spacial score (nSPS) is 24.1. The van der Waals surface area contributed by atoms with E-state index in [1.165, 1.54) is 0 Å². The van der Waals surface area contributed by atoms with Crippen molar-refractivity contribution >= 4 is 23.2 Å². The van der Waals surface area contributed by atoms with Gasteiger partial charge < -0.3 is 10.4 Å². The molecule has 2 rings (SSSR count). The van der Waals surface area contributed by atoms with Crippen molar-refractivity contribution in [1.82, 2.24) is 10.3 Å². The molecule has 110 valence electrons. The highest BCUT2D eigenvalue weighted by Crippen LogP contribution is 2.29. The van der Waals surface area contributed by atoms with E-state index in [4.69, 9.17) is 5.11 Å². The zero-order valence-electron chi connectivity index (χ0n) is 11.8. The molecule has 1 aliphatic rings. The minimum Gasteiger partial charge on any atom is -0.481 e. The van der Waals surface area contributed by atoms with Gasteiger partial charge in [-0.05, 0) is 39.5 Å². The van der Waals surface area contributed by atoms with E-state index in [-0.39, 0.29) is 23.8 Å². The van der Waals surface area contributed by atoms with Crippen molar-refractivity contribution in [2.24, 2.45) is 11.8 Å². The lowest BCUT2D eigenvalue weighted by molar-refractivity contribution is -0.144. The van der Waals surface area contributed by atoms with Crippen molar-refractivity contribution in [2.75, 3.05) is 0 Å². The van der Waals surface area contributed by atoms with Crippen LogP contribution in [0.25, 0.3) is 0 Å². The Kier molecular flexibility index (Phi) is 4.75. The van der Waals surface area contributed by atoms with Gasteiger partial charge in [0.1, 0.15) is 5.01 Å². The highest BCUT2D eigenvalue weighted by Gasteiger charge is 2.30. The van der Waals surface area contributed by atoms with Crippen LogP contribution >= 0.6 is 11.3 Å². The maximum atomic E-state index is 12.2. The molecule has 1 fully saturated rings. The Bertz CT molecular complexity index is 492. The summed E-state index contributed by atoms with van der Waals surface area (Å²) < 4.78 is 0. The molecule has 20 heavy (non-hydrogen) atoms. The molecule has 1 aromatic rings. The predicted octanol–water partition coefficient (Wildman–Crippen LogP) is 2.52. The molecule has 0 aliphatic heterocycles. The topological polar surface area (TPSA) is 79.3 Å². The minimum atomic E-state index is -0.740. The van der Waals surface area contributed by atoms with E-state index in [2.05, 4.69) is 10.3 Å². The van der Waals surface area contributed by atoms with Gasteiger partial charge in [0.05, 0.1) is 12.0 Å². The number of aryl methyl sites for hydroxylation is 1. The van der Waals surface area contributed by atoms with Crippen molar-refractivity contribution in [3.63, 3.8) is 0 Å². The molecule has 1 aromatic heterocycles. The number of thiazole rings is 1. The first-order valence-electron chi connectivity index (χ1n) is 6.93. The molecule has 0 saturated heterocycles. The molecular weight excluding hydrogens is 276 g/mol. The van der Waals surface area contributed by atoms with Gasteiger partial charge in [-0.25, -0.2) is 4.98 Å². The van der Waals surface area contributed by atoms with Crippen LogP contribution in [-0.4, -0.2) is 22.0 Å². The third-order valence-corrected chi connectivity index (χ3v) is 4.91. The Morgan fingerprint density at radius 1 is 1.35 bits per heavy atom. The molecule has 6 heteroatoms. The molecule has 0 radical (unpaired) electrons. The molecule has 2 N–H and O–H groups in total. The van der Waals surface area contributed by atoms with Crippen LogP contribution in [-0.2, 0) is 9.59 Å². The first-order valence-corrected chi connectivity index (χ1v) is 7.74. The lowest BCUT2D eigenvalue weighted by Gasteiger charge is -2.26. The zero-order valence-corrected chi connectivity index (χ0v) is 12.6. The van der Waals surface area contributed by atoms with Gasteiger partial charge in [0.15, 0.2) is 0 Å². The molecule has 0 bridgehead atoms. The summed E-state index contributed by atoms with van der Waals surface area (Å²) in [6.07, 6.45) is 4.32. The number of carbonyl (C=O) groups is 2. The van der Waals surface area contributed by atoms with Gasteiger partial charge in [-0.1, -0.05) is 0 Å². The average molecular weight is 296 g/mol. The molecule has 1 heterocycles. The summed E-state index contributed by atoms with van der Waals surface area (Å²) in [5, 5.41) is 12.8. The van der Waals surface area contributed by atoms with Crippen molar-refractivity contribution in [2.45, 2.75) is 45.6 Å². The van der Waals surface area contributed by atoms with E-state index in [0.29, 0.717) is 25.7 Å². The first kappa shape index (κ1) is 15.0. The van der Waals surface area contributed by atoms with Crippen molar-refractivity contribution in [3.05, 3.63) is 16.1 Å². The summed E-state index contributed by atoms with van der Waals surface area (Å²) in [5.41, 5.74) is 0.